The van der Waals surface area contributed by atoms with Gasteiger partial charge in [-0.05, 0) is 12.3 Å². The highest BCUT2D eigenvalue weighted by Crippen LogP contribution is 2.07. The van der Waals surface area contributed by atoms with E-state index >= 15 is 0 Å². The summed E-state index contributed by atoms with van der Waals surface area (Å²) >= 11 is 0. The molecule has 10 heavy (non-hydrogen) atoms. The van der Waals surface area contributed by atoms with Crippen molar-refractivity contribution in [2.45, 2.75) is 32.7 Å². The van der Waals surface area contributed by atoms with Crippen LogP contribution < -0.4 is 11.5 Å². The quantitative estimate of drug-likeness (QED) is 0.593. The highest BCUT2D eigenvalue weighted by molar-refractivity contribution is 5.79. The molecule has 0 saturated carbocycles. The van der Waals surface area contributed by atoms with Gasteiger partial charge in [-0.15, -0.1) is 0 Å². The molecule has 0 aliphatic rings. The third kappa shape index (κ3) is 3.45. The maximum Gasteiger partial charge on any atom is 0.234 e. The second-order valence-corrected chi connectivity index (χ2v) is 2.76. The number of rotatable bonds is 4. The molecule has 0 aromatic heterocycles. The molecule has 2 atom stereocenters. The largest absolute Gasteiger partial charge is 0.368 e. The van der Waals surface area contributed by atoms with Crippen molar-refractivity contribution in [1.82, 2.24) is 0 Å². The van der Waals surface area contributed by atoms with E-state index in [0.29, 0.717) is 12.3 Å². The summed E-state index contributed by atoms with van der Waals surface area (Å²) < 4.78 is 0. The Morgan fingerprint density at radius 1 is 1.60 bits per heavy atom. The fraction of sp³-hybridized carbons (Fsp3) is 0.857. The molecule has 0 aromatic carbocycles. The van der Waals surface area contributed by atoms with Gasteiger partial charge in [-0.2, -0.15) is 0 Å². The second-order valence-electron chi connectivity index (χ2n) is 2.76. The van der Waals surface area contributed by atoms with Crippen molar-refractivity contribution in [3.63, 3.8) is 0 Å². The molecular weight excluding hydrogens is 128 g/mol. The maximum atomic E-state index is 10.4. The summed E-state index contributed by atoms with van der Waals surface area (Å²) in [6.07, 6.45) is 1.74. The Bertz CT molecular complexity index is 114. The summed E-state index contributed by atoms with van der Waals surface area (Å²) in [4.78, 5) is 10.4. The predicted octanol–water partition coefficient (Wildman–Crippen LogP) is 0.235. The summed E-state index contributed by atoms with van der Waals surface area (Å²) in [7, 11) is 0. The van der Waals surface area contributed by atoms with E-state index in [0.717, 1.165) is 6.42 Å². The van der Waals surface area contributed by atoms with Gasteiger partial charge in [0.1, 0.15) is 0 Å². The normalized spacial score (nSPS) is 16.3. The Morgan fingerprint density at radius 3 is 2.40 bits per heavy atom. The maximum absolute atomic E-state index is 10.4. The molecule has 0 unspecified atom stereocenters. The molecule has 0 saturated heterocycles. The van der Waals surface area contributed by atoms with E-state index in [9.17, 15) is 4.79 Å². The van der Waals surface area contributed by atoms with Crippen molar-refractivity contribution in [3.8, 4) is 0 Å². The lowest BCUT2D eigenvalue weighted by molar-refractivity contribution is -0.119. The number of carbonyl (C=O) groups excluding carboxylic acids is 1. The summed E-state index contributed by atoms with van der Waals surface area (Å²) in [6.45, 7) is 4.13. The molecule has 0 aliphatic heterocycles. The Balaban J connectivity index is 3.56. The van der Waals surface area contributed by atoms with Crippen LogP contribution in [0.15, 0.2) is 0 Å². The molecule has 1 amide bonds. The smallest absolute Gasteiger partial charge is 0.234 e. The van der Waals surface area contributed by atoms with Gasteiger partial charge in [0.25, 0.3) is 0 Å². The molecular formula is C7H16N2O. The van der Waals surface area contributed by atoms with E-state index in [2.05, 4.69) is 13.8 Å². The first-order valence-electron chi connectivity index (χ1n) is 3.62. The highest BCUT2D eigenvalue weighted by Gasteiger charge is 2.11. The minimum Gasteiger partial charge on any atom is -0.368 e. The van der Waals surface area contributed by atoms with Gasteiger partial charge in [-0.25, -0.2) is 0 Å². The van der Waals surface area contributed by atoms with Crippen LogP contribution in [0.4, 0.5) is 0 Å². The summed E-state index contributed by atoms with van der Waals surface area (Å²) in [5, 5.41) is 0. The van der Waals surface area contributed by atoms with Crippen molar-refractivity contribution in [3.05, 3.63) is 0 Å². The molecule has 0 fully saturated rings. The Labute approximate surface area is 61.8 Å². The van der Waals surface area contributed by atoms with Crippen LogP contribution in [0.1, 0.15) is 26.7 Å². The van der Waals surface area contributed by atoms with Gasteiger partial charge in [-0.3, -0.25) is 4.79 Å². The van der Waals surface area contributed by atoms with E-state index in [-0.39, 0.29) is 0 Å². The van der Waals surface area contributed by atoms with Gasteiger partial charge in [-0.1, -0.05) is 20.3 Å². The molecule has 0 aromatic rings. The summed E-state index contributed by atoms with van der Waals surface area (Å²) in [5.41, 5.74) is 10.4. The molecule has 60 valence electrons. The van der Waals surface area contributed by atoms with E-state index in [1.165, 1.54) is 0 Å². The number of amides is 1. The fourth-order valence-electron chi connectivity index (χ4n) is 0.716. The minimum atomic E-state index is -0.463. The van der Waals surface area contributed by atoms with Gasteiger partial charge in [0.15, 0.2) is 0 Å². The van der Waals surface area contributed by atoms with Crippen LogP contribution in [0.25, 0.3) is 0 Å². The van der Waals surface area contributed by atoms with Crippen LogP contribution in [0, 0.1) is 5.92 Å². The molecule has 4 N–H and O–H groups in total. The summed E-state index contributed by atoms with van der Waals surface area (Å²) in [6, 6.07) is -0.463. The van der Waals surface area contributed by atoms with E-state index < -0.39 is 11.9 Å². The average molecular weight is 144 g/mol. The van der Waals surface area contributed by atoms with Gasteiger partial charge in [0.2, 0.25) is 5.91 Å². The molecule has 3 heteroatoms. The van der Waals surface area contributed by atoms with Crippen LogP contribution in [0.2, 0.25) is 0 Å². The number of hydrogen-bond acceptors (Lipinski definition) is 2. The van der Waals surface area contributed by atoms with Gasteiger partial charge < -0.3 is 11.5 Å². The second kappa shape index (κ2) is 4.28. The van der Waals surface area contributed by atoms with Crippen molar-refractivity contribution in [2.75, 3.05) is 0 Å². The standard InChI is InChI=1S/C7H16N2O/c1-3-5(2)4-6(8)7(9)10/h5-6H,3-4,8H2,1-2H3,(H2,9,10)/t5-,6-/m0/s1. The van der Waals surface area contributed by atoms with Crippen molar-refractivity contribution < 1.29 is 4.79 Å². The van der Waals surface area contributed by atoms with Crippen molar-refractivity contribution in [1.29, 1.82) is 0 Å². The van der Waals surface area contributed by atoms with Gasteiger partial charge in [0, 0.05) is 0 Å². The average Bonchev–Trinajstić information content (AvgIpc) is 1.87. The van der Waals surface area contributed by atoms with E-state index in [1.54, 1.807) is 0 Å². The lowest BCUT2D eigenvalue weighted by Gasteiger charge is -2.11. The zero-order valence-corrected chi connectivity index (χ0v) is 6.63. The van der Waals surface area contributed by atoms with Crippen LogP contribution >= 0.6 is 0 Å². The van der Waals surface area contributed by atoms with E-state index in [4.69, 9.17) is 11.5 Å². The third-order valence-electron chi connectivity index (χ3n) is 1.72. The van der Waals surface area contributed by atoms with Gasteiger partial charge >= 0.3 is 0 Å². The van der Waals surface area contributed by atoms with E-state index in [1.807, 2.05) is 0 Å². The molecule has 0 radical (unpaired) electrons. The minimum absolute atomic E-state index is 0.402. The van der Waals surface area contributed by atoms with Crippen LogP contribution in [-0.2, 0) is 4.79 Å². The third-order valence-corrected chi connectivity index (χ3v) is 1.72. The van der Waals surface area contributed by atoms with Crippen LogP contribution in [-0.4, -0.2) is 11.9 Å². The van der Waals surface area contributed by atoms with Crippen LogP contribution in [0.5, 0.6) is 0 Å². The summed E-state index contributed by atoms with van der Waals surface area (Å²) in [5.74, 6) is 0.0859. The van der Waals surface area contributed by atoms with Gasteiger partial charge in [0.05, 0.1) is 6.04 Å². The van der Waals surface area contributed by atoms with Crippen LogP contribution in [0.3, 0.4) is 0 Å². The zero-order valence-electron chi connectivity index (χ0n) is 6.63. The molecule has 3 nitrogen and oxygen atoms in total. The highest BCUT2D eigenvalue weighted by atomic mass is 16.1. The first-order chi connectivity index (χ1) is 4.57. The molecule has 0 rings (SSSR count). The zero-order chi connectivity index (χ0) is 8.15. The SMILES string of the molecule is CC[C@H](C)C[C@H](N)C(N)=O. The molecule has 0 bridgehead atoms. The predicted molar refractivity (Wildman–Crippen MR) is 41.2 cm³/mol. The monoisotopic (exact) mass is 144 g/mol. The molecule has 0 aliphatic carbocycles. The van der Waals surface area contributed by atoms with Crippen molar-refractivity contribution >= 4 is 5.91 Å². The number of carbonyl (C=O) groups is 1. The lowest BCUT2D eigenvalue weighted by Crippen LogP contribution is -2.37. The first kappa shape index (κ1) is 9.43. The Morgan fingerprint density at radius 2 is 2.10 bits per heavy atom. The molecule has 0 heterocycles. The first-order valence-corrected chi connectivity index (χ1v) is 3.62. The fourth-order valence-corrected chi connectivity index (χ4v) is 0.716. The lowest BCUT2D eigenvalue weighted by atomic mass is 10.00. The number of nitrogens with two attached hydrogens (primary N) is 2. The number of primary amides is 1. The Kier molecular flexibility index (Phi) is 4.03. The number of hydrogen-bond donors (Lipinski definition) is 2. The topological polar surface area (TPSA) is 69.1 Å². The van der Waals surface area contributed by atoms with Crippen molar-refractivity contribution in [2.24, 2.45) is 17.4 Å². The Hall–Kier alpha value is -0.570. The molecule has 0 spiro atoms.